The Morgan fingerprint density at radius 3 is 2.00 bits per heavy atom. The molecule has 0 aliphatic carbocycles. The van der Waals surface area contributed by atoms with Gasteiger partial charge in [0.2, 0.25) is 0 Å². The van der Waals surface area contributed by atoms with Gasteiger partial charge in [-0.15, -0.1) is 0 Å². The Labute approximate surface area is 95.2 Å². The lowest BCUT2D eigenvalue weighted by molar-refractivity contribution is 0.167. The summed E-state index contributed by atoms with van der Waals surface area (Å²) in [7, 11) is -1.52. The van der Waals surface area contributed by atoms with Gasteiger partial charge in [-0.1, -0.05) is 0 Å². The third-order valence-electron chi connectivity index (χ3n) is 1.79. The van der Waals surface area contributed by atoms with Crippen LogP contribution in [0.5, 0.6) is 0 Å². The van der Waals surface area contributed by atoms with Crippen molar-refractivity contribution >= 4 is 10.6 Å². The summed E-state index contributed by atoms with van der Waals surface area (Å²) < 4.78 is 17.0. The van der Waals surface area contributed by atoms with Crippen molar-refractivity contribution in [1.29, 1.82) is 0 Å². The lowest BCUT2D eigenvalue weighted by Gasteiger charge is -2.42. The molecule has 0 rings (SSSR count). The summed E-state index contributed by atoms with van der Waals surface area (Å²) in [5.41, 5.74) is 5.52. The molecule has 5 heteroatoms. The van der Waals surface area contributed by atoms with Crippen LogP contribution < -0.4 is 5.73 Å². The molecule has 2 N–H and O–H groups in total. The van der Waals surface area contributed by atoms with Crippen LogP contribution in [0.25, 0.3) is 0 Å². The third kappa shape index (κ3) is 6.37. The molecule has 0 spiro atoms. The van der Waals surface area contributed by atoms with E-state index in [0.29, 0.717) is 32.3 Å². The highest BCUT2D eigenvalue weighted by atomic mass is 32.3. The van der Waals surface area contributed by atoms with Gasteiger partial charge in [0.05, 0.1) is 13.2 Å². The van der Waals surface area contributed by atoms with Crippen LogP contribution in [0.15, 0.2) is 0 Å². The summed E-state index contributed by atoms with van der Waals surface area (Å²) in [6, 6.07) is 0. The van der Waals surface area contributed by atoms with E-state index < -0.39 is 10.6 Å². The molecule has 0 atom stereocenters. The van der Waals surface area contributed by atoms with E-state index in [4.69, 9.17) is 18.8 Å². The van der Waals surface area contributed by atoms with Gasteiger partial charge in [0.1, 0.15) is 5.94 Å². The first kappa shape index (κ1) is 15.2. The molecule has 0 heterocycles. The Hall–Kier alpha value is 0.190. The van der Waals surface area contributed by atoms with Crippen LogP contribution in [0.2, 0.25) is 0 Å². The van der Waals surface area contributed by atoms with Crippen LogP contribution in [-0.4, -0.2) is 38.1 Å². The van der Waals surface area contributed by atoms with Gasteiger partial charge in [-0.3, -0.25) is 8.37 Å². The number of hydrogen-bond acceptors (Lipinski definition) is 4. The molecular formula is C10H25NO3S. The highest BCUT2D eigenvalue weighted by Gasteiger charge is 2.20. The molecule has 15 heavy (non-hydrogen) atoms. The van der Waals surface area contributed by atoms with E-state index in [9.17, 15) is 0 Å². The monoisotopic (exact) mass is 239 g/mol. The van der Waals surface area contributed by atoms with Crippen LogP contribution in [0, 0.1) is 0 Å². The molecule has 4 nitrogen and oxygen atoms in total. The number of ether oxygens (including phenoxy) is 1. The summed E-state index contributed by atoms with van der Waals surface area (Å²) in [4.78, 5) is 0. The van der Waals surface area contributed by atoms with Crippen molar-refractivity contribution in [3.63, 3.8) is 0 Å². The molecule has 0 radical (unpaired) electrons. The molecule has 0 aromatic heterocycles. The highest BCUT2D eigenvalue weighted by Crippen LogP contribution is 2.50. The first-order chi connectivity index (χ1) is 7.24. The average Bonchev–Trinajstić information content (AvgIpc) is 2.24. The van der Waals surface area contributed by atoms with Crippen molar-refractivity contribution in [2.24, 2.45) is 5.73 Å². The van der Waals surface area contributed by atoms with E-state index in [1.54, 1.807) is 0 Å². The Kier molecular flexibility index (Phi) is 9.54. The highest BCUT2D eigenvalue weighted by molar-refractivity contribution is 8.25. The zero-order valence-corrected chi connectivity index (χ0v) is 11.0. The maximum absolute atomic E-state index is 5.75. The van der Waals surface area contributed by atoms with Gasteiger partial charge in [0.15, 0.2) is 0 Å². The predicted octanol–water partition coefficient (Wildman–Crippen LogP) is 2.04. The number of nitrogens with two attached hydrogens (primary N) is 1. The maximum Gasteiger partial charge on any atom is 0.135 e. The van der Waals surface area contributed by atoms with Crippen LogP contribution >= 0.6 is 10.6 Å². The standard InChI is InChI=1S/C10H25NO3S/c1-4-12-10-15(13-5-2,14-6-3)9-7-8-11/h4-11H2,1-3H3. The molecular weight excluding hydrogens is 214 g/mol. The minimum atomic E-state index is -1.52. The van der Waals surface area contributed by atoms with Crippen LogP contribution in [-0.2, 0) is 13.1 Å². The quantitative estimate of drug-likeness (QED) is 0.634. The Balaban J connectivity index is 4.26. The average molecular weight is 239 g/mol. The summed E-state index contributed by atoms with van der Waals surface area (Å²) in [6.45, 7) is 8.62. The molecule has 0 saturated carbocycles. The Morgan fingerprint density at radius 1 is 1.00 bits per heavy atom. The first-order valence-electron chi connectivity index (χ1n) is 5.59. The van der Waals surface area contributed by atoms with E-state index in [-0.39, 0.29) is 0 Å². The molecule has 0 aliphatic rings. The minimum absolute atomic E-state index is 0.561. The molecule has 0 aromatic rings. The van der Waals surface area contributed by atoms with E-state index in [1.807, 2.05) is 20.8 Å². The second-order valence-corrected chi connectivity index (χ2v) is 5.62. The van der Waals surface area contributed by atoms with Crippen molar-refractivity contribution in [2.75, 3.05) is 38.1 Å². The molecule has 0 fully saturated rings. The van der Waals surface area contributed by atoms with Gasteiger partial charge in [0, 0.05) is 12.4 Å². The second-order valence-electron chi connectivity index (χ2n) is 3.01. The summed E-state index contributed by atoms with van der Waals surface area (Å²) in [6.07, 6.45) is 0.919. The topological polar surface area (TPSA) is 53.7 Å². The predicted molar refractivity (Wildman–Crippen MR) is 65.9 cm³/mol. The molecule has 0 saturated heterocycles. The van der Waals surface area contributed by atoms with Crippen molar-refractivity contribution < 1.29 is 13.1 Å². The summed E-state index contributed by atoms with van der Waals surface area (Å²) in [5, 5.41) is 0. The van der Waals surface area contributed by atoms with E-state index in [2.05, 4.69) is 0 Å². The van der Waals surface area contributed by atoms with Gasteiger partial charge >= 0.3 is 0 Å². The van der Waals surface area contributed by atoms with Gasteiger partial charge in [-0.2, -0.15) is 10.6 Å². The summed E-state index contributed by atoms with van der Waals surface area (Å²) >= 11 is 0. The largest absolute Gasteiger partial charge is 0.362 e. The fourth-order valence-electron chi connectivity index (χ4n) is 1.22. The second kappa shape index (κ2) is 9.42. The molecule has 94 valence electrons. The minimum Gasteiger partial charge on any atom is -0.362 e. The molecule has 0 amide bonds. The van der Waals surface area contributed by atoms with E-state index in [0.717, 1.165) is 12.2 Å². The lowest BCUT2D eigenvalue weighted by atomic mass is 10.5. The number of hydrogen-bond donors (Lipinski definition) is 1. The van der Waals surface area contributed by atoms with Gasteiger partial charge < -0.3 is 10.5 Å². The fourth-order valence-corrected chi connectivity index (χ4v) is 3.67. The van der Waals surface area contributed by atoms with Crippen LogP contribution in [0.1, 0.15) is 27.2 Å². The first-order valence-corrected chi connectivity index (χ1v) is 7.42. The van der Waals surface area contributed by atoms with Crippen molar-refractivity contribution in [1.82, 2.24) is 0 Å². The van der Waals surface area contributed by atoms with Crippen molar-refractivity contribution in [3.8, 4) is 0 Å². The maximum atomic E-state index is 5.75. The van der Waals surface area contributed by atoms with Gasteiger partial charge in [0.25, 0.3) is 0 Å². The van der Waals surface area contributed by atoms with Gasteiger partial charge in [-0.25, -0.2) is 0 Å². The SMILES string of the molecule is CCOCS(CCCN)(OCC)OCC. The zero-order chi connectivity index (χ0) is 11.6. The zero-order valence-electron chi connectivity index (χ0n) is 10.2. The Morgan fingerprint density at radius 2 is 1.60 bits per heavy atom. The van der Waals surface area contributed by atoms with Crippen molar-refractivity contribution in [3.05, 3.63) is 0 Å². The molecule has 0 unspecified atom stereocenters. The van der Waals surface area contributed by atoms with E-state index in [1.165, 1.54) is 0 Å². The number of rotatable bonds is 10. The Bertz CT molecular complexity index is 131. The van der Waals surface area contributed by atoms with Gasteiger partial charge in [-0.05, 0) is 33.7 Å². The molecule has 0 bridgehead atoms. The lowest BCUT2D eigenvalue weighted by Crippen LogP contribution is -2.20. The third-order valence-corrected chi connectivity index (χ3v) is 4.56. The normalized spacial score (nSPS) is 13.1. The smallest absolute Gasteiger partial charge is 0.135 e. The van der Waals surface area contributed by atoms with Crippen LogP contribution in [0.4, 0.5) is 0 Å². The summed E-state index contributed by atoms with van der Waals surface area (Å²) in [5.74, 6) is 1.43. The van der Waals surface area contributed by atoms with Crippen molar-refractivity contribution in [2.45, 2.75) is 27.2 Å². The molecule has 0 aliphatic heterocycles. The van der Waals surface area contributed by atoms with E-state index >= 15 is 0 Å². The molecule has 0 aromatic carbocycles. The van der Waals surface area contributed by atoms with Crippen LogP contribution in [0.3, 0.4) is 0 Å². The fraction of sp³-hybridized carbons (Fsp3) is 1.00.